The number of rotatable bonds is 6. The van der Waals surface area contributed by atoms with Crippen LogP contribution in [0.1, 0.15) is 12.5 Å². The summed E-state index contributed by atoms with van der Waals surface area (Å²) in [7, 11) is 0. The number of carbonyl (C=O) groups is 2. The summed E-state index contributed by atoms with van der Waals surface area (Å²) in [5.74, 6) is -0.237. The van der Waals surface area contributed by atoms with E-state index in [1.54, 1.807) is 25.1 Å². The van der Waals surface area contributed by atoms with Gasteiger partial charge < -0.3 is 15.4 Å². The molecular formula is C17H17N3O5. The molecule has 0 spiro atoms. The van der Waals surface area contributed by atoms with Gasteiger partial charge >= 0.3 is 0 Å². The van der Waals surface area contributed by atoms with Crippen LogP contribution < -0.4 is 15.4 Å². The van der Waals surface area contributed by atoms with Gasteiger partial charge in [0.15, 0.2) is 6.61 Å². The van der Waals surface area contributed by atoms with Crippen molar-refractivity contribution in [2.75, 3.05) is 17.2 Å². The Kier molecular flexibility index (Phi) is 5.67. The van der Waals surface area contributed by atoms with E-state index in [0.29, 0.717) is 17.1 Å². The maximum absolute atomic E-state index is 12.0. The molecule has 0 heterocycles. The van der Waals surface area contributed by atoms with Gasteiger partial charge in [0.05, 0.1) is 4.92 Å². The molecule has 2 amide bonds. The molecule has 0 aliphatic carbocycles. The summed E-state index contributed by atoms with van der Waals surface area (Å²) in [5.41, 5.74) is 1.84. The van der Waals surface area contributed by atoms with Gasteiger partial charge in [-0.05, 0) is 36.8 Å². The quantitative estimate of drug-likeness (QED) is 0.619. The first-order chi connectivity index (χ1) is 11.9. The Balaban J connectivity index is 1.96. The van der Waals surface area contributed by atoms with Crippen molar-refractivity contribution in [1.82, 2.24) is 0 Å². The summed E-state index contributed by atoms with van der Waals surface area (Å²) in [5, 5.41) is 16.0. The summed E-state index contributed by atoms with van der Waals surface area (Å²) >= 11 is 0. The molecule has 0 unspecified atom stereocenters. The average Bonchev–Trinajstić information content (AvgIpc) is 2.56. The molecule has 8 heteroatoms. The van der Waals surface area contributed by atoms with Crippen LogP contribution >= 0.6 is 0 Å². The van der Waals surface area contributed by atoms with Crippen molar-refractivity contribution in [2.24, 2.45) is 0 Å². The molecule has 8 nitrogen and oxygen atoms in total. The highest BCUT2D eigenvalue weighted by Crippen LogP contribution is 2.23. The van der Waals surface area contributed by atoms with Crippen molar-refractivity contribution in [3.05, 3.63) is 58.1 Å². The summed E-state index contributed by atoms with van der Waals surface area (Å²) in [6.07, 6.45) is 0. The van der Waals surface area contributed by atoms with E-state index >= 15 is 0 Å². The second kappa shape index (κ2) is 7.91. The molecule has 2 aromatic rings. The van der Waals surface area contributed by atoms with Gasteiger partial charge in [-0.25, -0.2) is 0 Å². The number of nitrogens with zero attached hydrogens (tertiary/aromatic N) is 1. The highest BCUT2D eigenvalue weighted by molar-refractivity contribution is 5.95. The maximum atomic E-state index is 12.0. The Morgan fingerprint density at radius 3 is 2.24 bits per heavy atom. The van der Waals surface area contributed by atoms with Gasteiger partial charge in [0, 0.05) is 30.4 Å². The van der Waals surface area contributed by atoms with Crippen LogP contribution in [-0.2, 0) is 9.59 Å². The van der Waals surface area contributed by atoms with E-state index in [2.05, 4.69) is 10.6 Å². The minimum atomic E-state index is -0.513. The number of nitrogens with one attached hydrogen (secondary N) is 2. The Labute approximate surface area is 144 Å². The molecule has 25 heavy (non-hydrogen) atoms. The van der Waals surface area contributed by atoms with Crippen LogP contribution in [0.25, 0.3) is 0 Å². The summed E-state index contributed by atoms with van der Waals surface area (Å²) in [4.78, 5) is 33.2. The van der Waals surface area contributed by atoms with Crippen LogP contribution in [-0.4, -0.2) is 23.3 Å². The summed E-state index contributed by atoms with van der Waals surface area (Å²) < 4.78 is 5.31. The molecule has 0 aromatic heterocycles. The van der Waals surface area contributed by atoms with Crippen molar-refractivity contribution in [1.29, 1.82) is 0 Å². The number of non-ortho nitro benzene ring substituents is 1. The molecule has 0 bridgehead atoms. The lowest BCUT2D eigenvalue weighted by Crippen LogP contribution is -2.21. The van der Waals surface area contributed by atoms with Crippen LogP contribution in [0.5, 0.6) is 5.75 Å². The molecule has 0 atom stereocenters. The van der Waals surface area contributed by atoms with Gasteiger partial charge in [-0.15, -0.1) is 0 Å². The van der Waals surface area contributed by atoms with Crippen molar-refractivity contribution in [3.8, 4) is 5.75 Å². The van der Waals surface area contributed by atoms with E-state index in [1.165, 1.54) is 31.2 Å². The van der Waals surface area contributed by atoms with E-state index in [0.717, 1.165) is 5.56 Å². The molecule has 2 rings (SSSR count). The number of nitro benzene ring substituents is 1. The molecule has 0 saturated carbocycles. The van der Waals surface area contributed by atoms with Gasteiger partial charge in [0.1, 0.15) is 5.75 Å². The first-order valence-electron chi connectivity index (χ1n) is 7.41. The normalized spacial score (nSPS) is 10.0. The third-order valence-corrected chi connectivity index (χ3v) is 3.34. The Morgan fingerprint density at radius 1 is 1.08 bits per heavy atom. The molecule has 2 N–H and O–H groups in total. The van der Waals surface area contributed by atoms with E-state index in [9.17, 15) is 19.7 Å². The van der Waals surface area contributed by atoms with E-state index in [1.807, 2.05) is 0 Å². The summed E-state index contributed by atoms with van der Waals surface area (Å²) in [6, 6.07) is 10.6. The SMILES string of the molecule is CC(=O)Nc1cccc(NC(=O)COc2ccc([N+](=O)[O-])cc2)c1C. The maximum Gasteiger partial charge on any atom is 0.269 e. The zero-order valence-electron chi connectivity index (χ0n) is 13.7. The van der Waals surface area contributed by atoms with Gasteiger partial charge in [-0.3, -0.25) is 19.7 Å². The molecule has 0 saturated heterocycles. The van der Waals surface area contributed by atoms with Crippen molar-refractivity contribution >= 4 is 28.9 Å². The standard InChI is InChI=1S/C17H17N3O5/c1-11-15(18-12(2)21)4-3-5-16(11)19-17(22)10-25-14-8-6-13(7-9-14)20(23)24/h3-9H,10H2,1-2H3,(H,18,21)(H,19,22). The molecule has 0 aliphatic heterocycles. The van der Waals surface area contributed by atoms with Gasteiger partial charge in [0.25, 0.3) is 11.6 Å². The molecule has 0 fully saturated rings. The number of amides is 2. The van der Waals surface area contributed by atoms with Crippen molar-refractivity contribution < 1.29 is 19.2 Å². The number of ether oxygens (including phenoxy) is 1. The van der Waals surface area contributed by atoms with Crippen LogP contribution in [0.3, 0.4) is 0 Å². The number of hydrogen-bond donors (Lipinski definition) is 2. The topological polar surface area (TPSA) is 111 Å². The minimum Gasteiger partial charge on any atom is -0.484 e. The van der Waals surface area contributed by atoms with E-state index < -0.39 is 4.92 Å². The van der Waals surface area contributed by atoms with Crippen molar-refractivity contribution in [2.45, 2.75) is 13.8 Å². The minimum absolute atomic E-state index is 0.0535. The largest absolute Gasteiger partial charge is 0.484 e. The zero-order chi connectivity index (χ0) is 18.4. The summed E-state index contributed by atoms with van der Waals surface area (Å²) in [6.45, 7) is 2.93. The fourth-order valence-corrected chi connectivity index (χ4v) is 2.10. The van der Waals surface area contributed by atoms with Crippen LogP contribution in [0.4, 0.5) is 17.1 Å². The number of anilines is 2. The van der Waals surface area contributed by atoms with Crippen molar-refractivity contribution in [3.63, 3.8) is 0 Å². The number of hydrogen-bond acceptors (Lipinski definition) is 5. The lowest BCUT2D eigenvalue weighted by molar-refractivity contribution is -0.384. The zero-order valence-corrected chi connectivity index (χ0v) is 13.7. The Morgan fingerprint density at radius 2 is 1.68 bits per heavy atom. The fraction of sp³-hybridized carbons (Fsp3) is 0.176. The fourth-order valence-electron chi connectivity index (χ4n) is 2.10. The number of nitro groups is 1. The van der Waals surface area contributed by atoms with Crippen LogP contribution in [0.2, 0.25) is 0 Å². The molecule has 0 radical (unpaired) electrons. The third kappa shape index (κ3) is 5.03. The first kappa shape index (κ1) is 17.9. The van der Waals surface area contributed by atoms with Gasteiger partial charge in [-0.2, -0.15) is 0 Å². The number of benzene rings is 2. The monoisotopic (exact) mass is 343 g/mol. The third-order valence-electron chi connectivity index (χ3n) is 3.34. The Bertz CT molecular complexity index is 802. The lowest BCUT2D eigenvalue weighted by atomic mass is 10.1. The first-order valence-corrected chi connectivity index (χ1v) is 7.41. The molecule has 130 valence electrons. The molecule has 2 aromatic carbocycles. The highest BCUT2D eigenvalue weighted by Gasteiger charge is 2.10. The van der Waals surface area contributed by atoms with E-state index in [4.69, 9.17) is 4.74 Å². The second-order valence-corrected chi connectivity index (χ2v) is 5.25. The Hall–Kier alpha value is -3.42. The predicted molar refractivity (Wildman–Crippen MR) is 92.7 cm³/mol. The highest BCUT2D eigenvalue weighted by atomic mass is 16.6. The predicted octanol–water partition coefficient (Wildman–Crippen LogP) is 2.88. The average molecular weight is 343 g/mol. The van der Waals surface area contributed by atoms with Gasteiger partial charge in [0.2, 0.25) is 5.91 Å². The smallest absolute Gasteiger partial charge is 0.269 e. The second-order valence-electron chi connectivity index (χ2n) is 5.25. The lowest BCUT2D eigenvalue weighted by Gasteiger charge is -2.13. The van der Waals surface area contributed by atoms with Crippen LogP contribution in [0.15, 0.2) is 42.5 Å². The molecular weight excluding hydrogens is 326 g/mol. The van der Waals surface area contributed by atoms with Crippen LogP contribution in [0, 0.1) is 17.0 Å². The molecule has 0 aliphatic rings. The number of carbonyl (C=O) groups excluding carboxylic acids is 2. The van der Waals surface area contributed by atoms with E-state index in [-0.39, 0.29) is 24.1 Å². The van der Waals surface area contributed by atoms with Gasteiger partial charge in [-0.1, -0.05) is 6.07 Å².